The molecule has 8 nitrogen and oxygen atoms in total. The average Bonchev–Trinajstić information content (AvgIpc) is 3.36. The Hall–Kier alpha value is -2.72. The van der Waals surface area contributed by atoms with Gasteiger partial charge in [0.1, 0.15) is 22.9 Å². The van der Waals surface area contributed by atoms with Crippen LogP contribution in [-0.4, -0.2) is 47.6 Å². The van der Waals surface area contributed by atoms with Crippen molar-refractivity contribution in [1.82, 2.24) is 10.6 Å². The Morgan fingerprint density at radius 1 is 1.14 bits per heavy atom. The van der Waals surface area contributed by atoms with Crippen LogP contribution in [0.1, 0.15) is 69.9 Å². The molecule has 1 spiro atoms. The molecule has 0 radical (unpaired) electrons. The molecule has 2 aromatic rings. The Bertz CT molecular complexity index is 1490. The van der Waals surface area contributed by atoms with Crippen molar-refractivity contribution in [2.75, 3.05) is 11.9 Å². The third-order valence-electron chi connectivity index (χ3n) is 9.49. The highest BCUT2D eigenvalue weighted by atomic mass is 35.5. The van der Waals surface area contributed by atoms with Crippen LogP contribution < -0.4 is 21.7 Å². The maximum atomic E-state index is 15.9. The zero-order valence-corrected chi connectivity index (χ0v) is 25.3. The number of nitrogens with one attached hydrogen (secondary N) is 3. The van der Waals surface area contributed by atoms with E-state index in [4.69, 9.17) is 33.7 Å². The molecule has 0 bridgehead atoms. The Balaban J connectivity index is 1.42. The Morgan fingerprint density at radius 2 is 1.86 bits per heavy atom. The molecule has 4 atom stereocenters. The fourth-order valence-electron chi connectivity index (χ4n) is 8.11. The number of fused-ring (bicyclic) bond motifs is 4. The number of rotatable bonds is 6. The molecule has 0 aromatic heterocycles. The van der Waals surface area contributed by atoms with E-state index in [2.05, 4.69) is 36.7 Å². The van der Waals surface area contributed by atoms with Crippen LogP contribution in [-0.2, 0) is 24.5 Å². The highest BCUT2D eigenvalue weighted by Gasteiger charge is 2.97. The second-order valence-electron chi connectivity index (χ2n) is 13.2. The third kappa shape index (κ3) is 4.03. The van der Waals surface area contributed by atoms with E-state index >= 15 is 4.39 Å². The third-order valence-corrected chi connectivity index (χ3v) is 10.0. The summed E-state index contributed by atoms with van der Waals surface area (Å²) in [6, 6.07) is 9.77. The Labute approximate surface area is 254 Å². The molecule has 11 heteroatoms. The summed E-state index contributed by atoms with van der Waals surface area (Å²) in [5, 5.41) is 10.1. The quantitative estimate of drug-likeness (QED) is 0.278. The maximum absolute atomic E-state index is 15.9. The van der Waals surface area contributed by atoms with Gasteiger partial charge >= 0.3 is 5.97 Å². The zero-order valence-electron chi connectivity index (χ0n) is 23.8. The molecule has 3 fully saturated rings. The van der Waals surface area contributed by atoms with Crippen molar-refractivity contribution in [2.45, 2.75) is 87.4 Å². The summed E-state index contributed by atoms with van der Waals surface area (Å²) in [7, 11) is 0. The highest BCUT2D eigenvalue weighted by molar-refractivity contribution is 6.31. The van der Waals surface area contributed by atoms with Gasteiger partial charge < -0.3 is 21.1 Å². The van der Waals surface area contributed by atoms with Crippen molar-refractivity contribution in [3.05, 3.63) is 63.4 Å². The second-order valence-corrected chi connectivity index (χ2v) is 14.1. The van der Waals surface area contributed by atoms with E-state index in [-0.39, 0.29) is 46.5 Å². The molecule has 2 saturated carbocycles. The van der Waals surface area contributed by atoms with Gasteiger partial charge in [0.25, 0.3) is 0 Å². The summed E-state index contributed by atoms with van der Waals surface area (Å²) in [6.45, 7) is 6.01. The number of benzene rings is 2. The molecule has 2 aliphatic heterocycles. The molecule has 1 saturated heterocycles. The van der Waals surface area contributed by atoms with Gasteiger partial charge in [0, 0.05) is 22.7 Å². The van der Waals surface area contributed by atoms with Gasteiger partial charge in [0.2, 0.25) is 11.8 Å². The van der Waals surface area contributed by atoms with Gasteiger partial charge in [-0.05, 0) is 66.8 Å². The van der Waals surface area contributed by atoms with Crippen LogP contribution in [0, 0.1) is 11.2 Å². The van der Waals surface area contributed by atoms with E-state index < -0.39 is 34.2 Å². The minimum absolute atomic E-state index is 0.0766. The standard InChI is InChI=1S/C31H35Cl2FN4O4/c1-28(2,3)15-29-30(20-12-7-16(32)13-22(20)37-26(30)40)25(19-5-4-6-21(33)24(19)34)31(29,38-29)27(41)36-17-8-10-18(11-9-17)42-23(39)14-35/h4-7,12-13,17-18,25,38H,8-11,14-15,35H2,1-3H3,(H,36,41)(H,37,40)/t17?,18?,25-,29+,30+,31+/m1/s1. The van der Waals surface area contributed by atoms with Crippen LogP contribution in [0.3, 0.4) is 0 Å². The molecule has 6 rings (SSSR count). The van der Waals surface area contributed by atoms with Crippen LogP contribution in [0.15, 0.2) is 36.4 Å². The van der Waals surface area contributed by atoms with Crippen LogP contribution in [0.5, 0.6) is 0 Å². The minimum Gasteiger partial charge on any atom is -0.461 e. The summed E-state index contributed by atoms with van der Waals surface area (Å²) >= 11 is 12.6. The molecule has 5 N–H and O–H groups in total. The van der Waals surface area contributed by atoms with Crippen molar-refractivity contribution < 1.29 is 23.5 Å². The number of esters is 1. The van der Waals surface area contributed by atoms with Crippen LogP contribution in [0.2, 0.25) is 10.0 Å². The van der Waals surface area contributed by atoms with Crippen molar-refractivity contribution in [3.63, 3.8) is 0 Å². The number of carbonyl (C=O) groups excluding carboxylic acids is 3. The molecule has 2 aliphatic carbocycles. The summed E-state index contributed by atoms with van der Waals surface area (Å²) in [5.41, 5.74) is 3.01. The van der Waals surface area contributed by atoms with Crippen molar-refractivity contribution >= 4 is 46.7 Å². The van der Waals surface area contributed by atoms with Gasteiger partial charge in [-0.2, -0.15) is 0 Å². The minimum atomic E-state index is -1.28. The highest BCUT2D eigenvalue weighted by Crippen LogP contribution is 2.79. The Morgan fingerprint density at radius 3 is 2.52 bits per heavy atom. The topological polar surface area (TPSA) is 132 Å². The van der Waals surface area contributed by atoms with Crippen molar-refractivity contribution in [1.29, 1.82) is 0 Å². The smallest absolute Gasteiger partial charge is 0.319 e. The predicted molar refractivity (Wildman–Crippen MR) is 158 cm³/mol. The maximum Gasteiger partial charge on any atom is 0.319 e. The lowest BCUT2D eigenvalue weighted by Gasteiger charge is -2.56. The van der Waals surface area contributed by atoms with E-state index in [1.54, 1.807) is 30.3 Å². The second kappa shape index (κ2) is 9.91. The summed E-state index contributed by atoms with van der Waals surface area (Å²) < 4.78 is 21.3. The predicted octanol–water partition coefficient (Wildman–Crippen LogP) is 4.57. The normalized spacial score (nSPS) is 32.8. The lowest BCUT2D eigenvalue weighted by molar-refractivity contribution is -0.149. The fourth-order valence-corrected chi connectivity index (χ4v) is 8.47. The summed E-state index contributed by atoms with van der Waals surface area (Å²) in [4.78, 5) is 40.3. The lowest BCUT2D eigenvalue weighted by atomic mass is 9.41. The van der Waals surface area contributed by atoms with E-state index in [0.717, 1.165) is 0 Å². The first kappa shape index (κ1) is 29.4. The average molecular weight is 618 g/mol. The molecule has 2 amide bonds. The van der Waals surface area contributed by atoms with Crippen molar-refractivity contribution in [3.8, 4) is 0 Å². The molecule has 42 heavy (non-hydrogen) atoms. The van der Waals surface area contributed by atoms with E-state index in [0.29, 0.717) is 48.4 Å². The van der Waals surface area contributed by atoms with E-state index in [1.165, 1.54) is 6.07 Å². The molecule has 2 aromatic carbocycles. The molecular formula is C31H35Cl2FN4O4. The Kier molecular flexibility index (Phi) is 6.92. The number of hydrogen-bond acceptors (Lipinski definition) is 6. The molecule has 4 aliphatic rings. The molecular weight excluding hydrogens is 582 g/mol. The van der Waals surface area contributed by atoms with E-state index in [1.807, 2.05) is 0 Å². The van der Waals surface area contributed by atoms with Gasteiger partial charge in [-0.1, -0.05) is 62.2 Å². The first-order valence-electron chi connectivity index (χ1n) is 14.4. The van der Waals surface area contributed by atoms with Gasteiger partial charge in [-0.3, -0.25) is 19.7 Å². The van der Waals surface area contributed by atoms with Gasteiger partial charge in [0.05, 0.1) is 17.1 Å². The zero-order chi connectivity index (χ0) is 30.2. The molecule has 2 heterocycles. The number of carbonyl (C=O) groups is 3. The van der Waals surface area contributed by atoms with Gasteiger partial charge in [-0.25, -0.2) is 4.39 Å². The number of anilines is 1. The molecule has 0 unspecified atom stereocenters. The van der Waals surface area contributed by atoms with Crippen LogP contribution >= 0.6 is 23.2 Å². The lowest BCUT2D eigenvalue weighted by Crippen LogP contribution is -2.73. The van der Waals surface area contributed by atoms with Crippen LogP contribution in [0.4, 0.5) is 10.1 Å². The van der Waals surface area contributed by atoms with Gasteiger partial charge in [-0.15, -0.1) is 0 Å². The summed E-state index contributed by atoms with van der Waals surface area (Å²) in [6.07, 6.45) is 2.65. The summed E-state index contributed by atoms with van der Waals surface area (Å²) in [5.74, 6) is -2.55. The number of nitrogens with two attached hydrogens (primary N) is 1. The monoisotopic (exact) mass is 616 g/mol. The van der Waals surface area contributed by atoms with Crippen LogP contribution in [0.25, 0.3) is 0 Å². The first-order valence-corrected chi connectivity index (χ1v) is 15.1. The van der Waals surface area contributed by atoms with E-state index in [9.17, 15) is 14.4 Å². The van der Waals surface area contributed by atoms with Gasteiger partial charge in [0.15, 0.2) is 0 Å². The fraction of sp³-hybridized carbons (Fsp3) is 0.516. The number of hydrogen-bond donors (Lipinski definition) is 4. The largest absolute Gasteiger partial charge is 0.461 e. The number of ether oxygens (including phenoxy) is 1. The van der Waals surface area contributed by atoms with Crippen molar-refractivity contribution in [2.24, 2.45) is 11.1 Å². The number of amides is 2. The molecule has 224 valence electrons. The first-order chi connectivity index (χ1) is 19.8. The number of halogens is 3. The SMILES string of the molecule is CC(C)(C)C[C@@]12N[C@]1(C(=O)NC1CCC(OC(=O)CN)CC1)[C@H](c1cccc(Cl)c1F)[C@@]21C(=O)Nc2cc(Cl)ccc21.